The number of imidazole rings is 1. The van der Waals surface area contributed by atoms with Crippen molar-refractivity contribution in [2.75, 3.05) is 0 Å². The van der Waals surface area contributed by atoms with Gasteiger partial charge >= 0.3 is 0 Å². The lowest BCUT2D eigenvalue weighted by molar-refractivity contribution is 0.0995. The van der Waals surface area contributed by atoms with E-state index >= 15 is 0 Å². The fraction of sp³-hybridized carbons (Fsp3) is 0.0714. The molecule has 5 nitrogen and oxygen atoms in total. The lowest BCUT2D eigenvalue weighted by atomic mass is 10.1. The van der Waals surface area contributed by atoms with E-state index in [1.165, 1.54) is 0 Å². The van der Waals surface area contributed by atoms with Crippen molar-refractivity contribution in [3.05, 3.63) is 54.1 Å². The second-order valence-electron chi connectivity index (χ2n) is 4.34. The standard InChI is InChI=1S/C14H12N4O/c1-9-4-2-3-5-10(9)11-7-18-8-12(14(15)19)16-6-13(18)17-11/h2-8H,1H3,(H2,15,19). The van der Waals surface area contributed by atoms with Crippen LogP contribution in [-0.4, -0.2) is 20.3 Å². The van der Waals surface area contributed by atoms with Crippen molar-refractivity contribution in [1.29, 1.82) is 0 Å². The molecule has 2 N–H and O–H groups in total. The maximum atomic E-state index is 11.1. The Bertz CT molecular complexity index is 776. The molecule has 0 saturated heterocycles. The third kappa shape index (κ3) is 1.95. The first-order chi connectivity index (χ1) is 9.15. The number of rotatable bonds is 2. The van der Waals surface area contributed by atoms with Crippen LogP contribution in [0.5, 0.6) is 0 Å². The molecule has 0 spiro atoms. The van der Waals surface area contributed by atoms with Gasteiger partial charge < -0.3 is 10.1 Å². The van der Waals surface area contributed by atoms with E-state index in [1.54, 1.807) is 16.8 Å². The minimum atomic E-state index is -0.548. The number of hydrogen-bond donors (Lipinski definition) is 1. The summed E-state index contributed by atoms with van der Waals surface area (Å²) in [5.74, 6) is -0.548. The molecule has 0 bridgehead atoms. The molecule has 19 heavy (non-hydrogen) atoms. The summed E-state index contributed by atoms with van der Waals surface area (Å²) in [5.41, 5.74) is 9.18. The Balaban J connectivity index is 2.17. The zero-order valence-electron chi connectivity index (χ0n) is 10.4. The summed E-state index contributed by atoms with van der Waals surface area (Å²) in [5, 5.41) is 0. The molecule has 3 aromatic rings. The maximum absolute atomic E-state index is 11.1. The summed E-state index contributed by atoms with van der Waals surface area (Å²) in [6.45, 7) is 2.03. The van der Waals surface area contributed by atoms with Crippen molar-refractivity contribution in [3.63, 3.8) is 0 Å². The van der Waals surface area contributed by atoms with Gasteiger partial charge in [-0.25, -0.2) is 9.97 Å². The molecule has 0 unspecified atom stereocenters. The quantitative estimate of drug-likeness (QED) is 0.755. The van der Waals surface area contributed by atoms with Crippen molar-refractivity contribution in [2.24, 2.45) is 5.73 Å². The smallest absolute Gasteiger partial charge is 0.268 e. The molecule has 94 valence electrons. The average Bonchev–Trinajstić information content (AvgIpc) is 2.81. The van der Waals surface area contributed by atoms with Crippen LogP contribution in [0.1, 0.15) is 16.1 Å². The van der Waals surface area contributed by atoms with Gasteiger partial charge in [-0.3, -0.25) is 4.79 Å². The molecule has 1 aromatic carbocycles. The first kappa shape index (κ1) is 11.4. The molecule has 3 rings (SSSR count). The maximum Gasteiger partial charge on any atom is 0.268 e. The molecule has 5 heteroatoms. The van der Waals surface area contributed by atoms with Gasteiger partial charge in [0.2, 0.25) is 0 Å². The van der Waals surface area contributed by atoms with E-state index in [-0.39, 0.29) is 5.69 Å². The van der Waals surface area contributed by atoms with Gasteiger partial charge in [-0.1, -0.05) is 24.3 Å². The largest absolute Gasteiger partial charge is 0.364 e. The number of amides is 1. The minimum absolute atomic E-state index is 0.223. The van der Waals surface area contributed by atoms with E-state index in [9.17, 15) is 4.79 Å². The number of fused-ring (bicyclic) bond motifs is 1. The van der Waals surface area contributed by atoms with Gasteiger partial charge in [0.1, 0.15) is 5.69 Å². The first-order valence-electron chi connectivity index (χ1n) is 5.86. The highest BCUT2D eigenvalue weighted by molar-refractivity contribution is 5.90. The zero-order valence-corrected chi connectivity index (χ0v) is 10.4. The van der Waals surface area contributed by atoms with E-state index in [1.807, 2.05) is 37.4 Å². The Morgan fingerprint density at radius 2 is 2.05 bits per heavy atom. The van der Waals surface area contributed by atoms with Crippen molar-refractivity contribution < 1.29 is 4.79 Å². The predicted octanol–water partition coefficient (Wildman–Crippen LogP) is 1.80. The lowest BCUT2D eigenvalue weighted by Gasteiger charge is -1.99. The summed E-state index contributed by atoms with van der Waals surface area (Å²) in [4.78, 5) is 19.6. The fourth-order valence-corrected chi connectivity index (χ4v) is 2.02. The normalized spacial score (nSPS) is 10.8. The Morgan fingerprint density at radius 3 is 2.79 bits per heavy atom. The van der Waals surface area contributed by atoms with Gasteiger partial charge in [-0.15, -0.1) is 0 Å². The van der Waals surface area contributed by atoms with Crippen LogP contribution in [0.3, 0.4) is 0 Å². The molecule has 2 heterocycles. The molecule has 1 amide bonds. The van der Waals surface area contributed by atoms with Gasteiger partial charge in [-0.05, 0) is 12.5 Å². The number of carbonyl (C=O) groups excluding carboxylic acids is 1. The number of aromatic nitrogens is 3. The number of carbonyl (C=O) groups is 1. The van der Waals surface area contributed by atoms with E-state index in [4.69, 9.17) is 5.73 Å². The van der Waals surface area contributed by atoms with Crippen molar-refractivity contribution in [2.45, 2.75) is 6.92 Å². The van der Waals surface area contributed by atoms with E-state index in [2.05, 4.69) is 9.97 Å². The molecule has 2 aromatic heterocycles. The van der Waals surface area contributed by atoms with Crippen molar-refractivity contribution >= 4 is 11.6 Å². The third-order valence-electron chi connectivity index (χ3n) is 3.01. The molecule has 0 saturated carbocycles. The van der Waals surface area contributed by atoms with Crippen LogP contribution in [-0.2, 0) is 0 Å². The summed E-state index contributed by atoms with van der Waals surface area (Å²) in [6.07, 6.45) is 5.00. The van der Waals surface area contributed by atoms with Crippen LogP contribution in [0, 0.1) is 6.92 Å². The Morgan fingerprint density at radius 1 is 1.26 bits per heavy atom. The summed E-state index contributed by atoms with van der Waals surface area (Å²) in [6, 6.07) is 8.01. The molecule has 0 fully saturated rings. The van der Waals surface area contributed by atoms with Gasteiger partial charge in [-0.2, -0.15) is 0 Å². The Kier molecular flexibility index (Phi) is 2.52. The number of benzene rings is 1. The van der Waals surface area contributed by atoms with Gasteiger partial charge in [0, 0.05) is 18.0 Å². The minimum Gasteiger partial charge on any atom is -0.364 e. The predicted molar refractivity (Wildman–Crippen MR) is 71.7 cm³/mol. The summed E-state index contributed by atoms with van der Waals surface area (Å²) >= 11 is 0. The molecule has 0 aliphatic heterocycles. The highest BCUT2D eigenvalue weighted by Crippen LogP contribution is 2.22. The van der Waals surface area contributed by atoms with Crippen molar-refractivity contribution in [1.82, 2.24) is 14.4 Å². The van der Waals surface area contributed by atoms with Crippen molar-refractivity contribution in [3.8, 4) is 11.3 Å². The second kappa shape index (κ2) is 4.20. The van der Waals surface area contributed by atoms with Crippen LogP contribution in [0.15, 0.2) is 42.9 Å². The first-order valence-corrected chi connectivity index (χ1v) is 5.86. The topological polar surface area (TPSA) is 73.3 Å². The summed E-state index contributed by atoms with van der Waals surface area (Å²) < 4.78 is 1.76. The van der Waals surface area contributed by atoms with Crippen LogP contribution < -0.4 is 5.73 Å². The highest BCUT2D eigenvalue weighted by atomic mass is 16.1. The zero-order chi connectivity index (χ0) is 13.4. The number of hydrogen-bond acceptors (Lipinski definition) is 3. The van der Waals surface area contributed by atoms with E-state index < -0.39 is 5.91 Å². The van der Waals surface area contributed by atoms with Crippen LogP contribution in [0.25, 0.3) is 16.9 Å². The average molecular weight is 252 g/mol. The van der Waals surface area contributed by atoms with Gasteiger partial charge in [0.15, 0.2) is 5.65 Å². The van der Waals surface area contributed by atoms with Crippen LogP contribution in [0.4, 0.5) is 0 Å². The summed E-state index contributed by atoms with van der Waals surface area (Å²) in [7, 11) is 0. The molecular weight excluding hydrogens is 240 g/mol. The Hall–Kier alpha value is -2.69. The fourth-order valence-electron chi connectivity index (χ4n) is 2.02. The number of nitrogens with two attached hydrogens (primary N) is 1. The SMILES string of the molecule is Cc1ccccc1-c1cn2cc(C(N)=O)ncc2n1. The molecule has 0 radical (unpaired) electrons. The molecular formula is C14H12N4O. The van der Waals surface area contributed by atoms with Gasteiger partial charge in [0.25, 0.3) is 5.91 Å². The van der Waals surface area contributed by atoms with Crippen LogP contribution in [0.2, 0.25) is 0 Å². The monoisotopic (exact) mass is 252 g/mol. The molecule has 0 aliphatic carbocycles. The van der Waals surface area contributed by atoms with Gasteiger partial charge in [0.05, 0.1) is 11.9 Å². The number of nitrogens with zero attached hydrogens (tertiary/aromatic N) is 3. The highest BCUT2D eigenvalue weighted by Gasteiger charge is 2.09. The number of primary amides is 1. The van der Waals surface area contributed by atoms with E-state index in [0.717, 1.165) is 16.8 Å². The Labute approximate surface area is 109 Å². The lowest BCUT2D eigenvalue weighted by Crippen LogP contribution is -2.13. The number of aryl methyl sites for hydroxylation is 1. The molecule has 0 atom stereocenters. The molecule has 0 aliphatic rings. The third-order valence-corrected chi connectivity index (χ3v) is 3.01. The second-order valence-corrected chi connectivity index (χ2v) is 4.34. The van der Waals surface area contributed by atoms with Crippen LogP contribution >= 0.6 is 0 Å². The van der Waals surface area contributed by atoms with E-state index in [0.29, 0.717) is 5.65 Å².